The van der Waals surface area contributed by atoms with Crippen molar-refractivity contribution in [3.8, 4) is 5.75 Å². The zero-order valence-electron chi connectivity index (χ0n) is 21.8. The third kappa shape index (κ3) is 6.96. The fourth-order valence-corrected chi connectivity index (χ4v) is 4.29. The molecular weight excluding hydrogens is 557 g/mol. The van der Waals surface area contributed by atoms with Crippen molar-refractivity contribution in [1.82, 2.24) is 15.3 Å². The summed E-state index contributed by atoms with van der Waals surface area (Å²) in [6.07, 6.45) is 4.32. The number of fused-ring (bicyclic) bond motifs is 1. The Balaban J connectivity index is 1.37. The molecule has 2 aromatic carbocycles. The van der Waals surface area contributed by atoms with Crippen LogP contribution in [0.1, 0.15) is 23.9 Å². The highest BCUT2D eigenvalue weighted by atomic mass is 35.5. The fraction of sp³-hybridized carbons (Fsp3) is 0.179. The largest absolute Gasteiger partial charge is 0.485 e. The van der Waals surface area contributed by atoms with Crippen LogP contribution < -0.4 is 20.3 Å². The van der Waals surface area contributed by atoms with E-state index in [9.17, 15) is 14.4 Å². The highest BCUT2D eigenvalue weighted by molar-refractivity contribution is 6.38. The number of rotatable bonds is 9. The van der Waals surface area contributed by atoms with E-state index in [-0.39, 0.29) is 24.1 Å². The monoisotopic (exact) mass is 581 g/mol. The first-order valence-corrected chi connectivity index (χ1v) is 12.8. The van der Waals surface area contributed by atoms with Crippen molar-refractivity contribution >= 4 is 69.6 Å². The molecule has 0 aliphatic carbocycles. The molecule has 0 aliphatic rings. The van der Waals surface area contributed by atoms with Gasteiger partial charge in [-0.15, -0.1) is 0 Å². The van der Waals surface area contributed by atoms with Gasteiger partial charge in [-0.2, -0.15) is 0 Å². The molecule has 0 unspecified atom stereocenters. The minimum Gasteiger partial charge on any atom is -0.485 e. The lowest BCUT2D eigenvalue weighted by Gasteiger charge is -2.21. The summed E-state index contributed by atoms with van der Waals surface area (Å²) < 4.78 is 11.6. The van der Waals surface area contributed by atoms with Crippen LogP contribution in [-0.2, 0) is 21.0 Å². The van der Waals surface area contributed by atoms with Crippen LogP contribution in [0, 0.1) is 6.92 Å². The molecule has 3 amide bonds. The zero-order valence-corrected chi connectivity index (χ0v) is 23.3. The molecular formula is C28H25Cl2N5O5. The molecule has 2 aromatic heterocycles. The van der Waals surface area contributed by atoms with E-state index < -0.39 is 11.8 Å². The molecule has 2 heterocycles. The molecule has 0 saturated carbocycles. The second-order valence-corrected chi connectivity index (χ2v) is 9.43. The number of ether oxygens (including phenoxy) is 1. The maximum absolute atomic E-state index is 12.8. The molecule has 0 atom stereocenters. The van der Waals surface area contributed by atoms with E-state index in [1.165, 1.54) is 30.2 Å². The highest BCUT2D eigenvalue weighted by Crippen LogP contribution is 2.35. The average molecular weight is 582 g/mol. The van der Waals surface area contributed by atoms with Gasteiger partial charge in [-0.25, -0.2) is 9.97 Å². The molecule has 0 aliphatic heterocycles. The predicted molar refractivity (Wildman–Crippen MR) is 154 cm³/mol. The number of hydrogen-bond acceptors (Lipinski definition) is 7. The molecule has 0 saturated heterocycles. The minimum absolute atomic E-state index is 0.0224. The van der Waals surface area contributed by atoms with Gasteiger partial charge >= 0.3 is 0 Å². The van der Waals surface area contributed by atoms with Crippen LogP contribution in [0.3, 0.4) is 0 Å². The number of halogens is 2. The summed E-state index contributed by atoms with van der Waals surface area (Å²) in [5.74, 6) is 0.295. The number of aryl methyl sites for hydroxylation is 1. The van der Waals surface area contributed by atoms with Gasteiger partial charge in [0.1, 0.15) is 17.9 Å². The molecule has 2 N–H and O–H groups in total. The number of carbonyl (C=O) groups excluding carboxylic acids is 3. The number of likely N-dealkylation sites (N-methyl/N-ethyl adjacent to an activating group) is 1. The maximum atomic E-state index is 12.8. The Morgan fingerprint density at radius 1 is 1.12 bits per heavy atom. The van der Waals surface area contributed by atoms with Crippen LogP contribution >= 0.6 is 23.2 Å². The van der Waals surface area contributed by atoms with Crippen LogP contribution in [-0.4, -0.2) is 41.3 Å². The molecule has 206 valence electrons. The van der Waals surface area contributed by atoms with Crippen molar-refractivity contribution in [2.75, 3.05) is 23.8 Å². The van der Waals surface area contributed by atoms with Crippen LogP contribution in [0.15, 0.2) is 59.2 Å². The first-order valence-electron chi connectivity index (χ1n) is 12.0. The number of amides is 3. The number of benzene rings is 2. The number of nitrogens with zero attached hydrogens (tertiary/aromatic N) is 3. The number of oxazole rings is 1. The molecule has 40 heavy (non-hydrogen) atoms. The number of anilines is 2. The van der Waals surface area contributed by atoms with Crippen LogP contribution in [0.2, 0.25) is 10.0 Å². The van der Waals surface area contributed by atoms with E-state index in [0.717, 1.165) is 0 Å². The lowest BCUT2D eigenvalue weighted by atomic mass is 10.2. The van der Waals surface area contributed by atoms with E-state index in [1.54, 1.807) is 50.4 Å². The number of para-hydroxylation sites is 1. The number of nitrogens with one attached hydrogen (secondary N) is 2. The average Bonchev–Trinajstić information content (AvgIpc) is 3.31. The lowest BCUT2D eigenvalue weighted by Crippen LogP contribution is -2.37. The third-order valence-corrected chi connectivity index (χ3v) is 6.47. The summed E-state index contributed by atoms with van der Waals surface area (Å²) in [5.41, 5.74) is 2.71. The Kier molecular flexibility index (Phi) is 9.03. The molecule has 0 spiro atoms. The van der Waals surface area contributed by atoms with Gasteiger partial charge in [0.15, 0.2) is 17.2 Å². The van der Waals surface area contributed by atoms with Crippen molar-refractivity contribution in [3.05, 3.63) is 81.8 Å². The van der Waals surface area contributed by atoms with Gasteiger partial charge in [-0.05, 0) is 48.0 Å². The van der Waals surface area contributed by atoms with Crippen molar-refractivity contribution in [3.63, 3.8) is 0 Å². The minimum atomic E-state index is -0.471. The van der Waals surface area contributed by atoms with Gasteiger partial charge in [0.2, 0.25) is 17.7 Å². The first kappa shape index (κ1) is 28.6. The number of carbonyl (C=O) groups is 3. The van der Waals surface area contributed by atoms with E-state index in [2.05, 4.69) is 20.6 Å². The summed E-state index contributed by atoms with van der Waals surface area (Å²) in [4.78, 5) is 45.9. The van der Waals surface area contributed by atoms with Crippen LogP contribution in [0.4, 0.5) is 11.5 Å². The van der Waals surface area contributed by atoms with E-state index in [4.69, 9.17) is 32.4 Å². The summed E-state index contributed by atoms with van der Waals surface area (Å²) in [6.45, 7) is 2.89. The van der Waals surface area contributed by atoms with Gasteiger partial charge in [-0.3, -0.25) is 14.4 Å². The predicted octanol–water partition coefficient (Wildman–Crippen LogP) is 5.17. The Bertz CT molecular complexity index is 1600. The van der Waals surface area contributed by atoms with Gasteiger partial charge in [0, 0.05) is 43.8 Å². The molecule has 12 heteroatoms. The quantitative estimate of drug-likeness (QED) is 0.261. The molecule has 0 radical (unpaired) electrons. The van der Waals surface area contributed by atoms with Crippen LogP contribution in [0.25, 0.3) is 17.2 Å². The Morgan fingerprint density at radius 2 is 1.93 bits per heavy atom. The summed E-state index contributed by atoms with van der Waals surface area (Å²) in [7, 11) is 1.55. The van der Waals surface area contributed by atoms with Gasteiger partial charge in [0.25, 0.3) is 0 Å². The molecule has 10 nitrogen and oxygen atoms in total. The lowest BCUT2D eigenvalue weighted by molar-refractivity contribution is -0.122. The molecule has 0 bridgehead atoms. The third-order valence-electron chi connectivity index (χ3n) is 5.69. The van der Waals surface area contributed by atoms with Crippen molar-refractivity contribution < 1.29 is 23.5 Å². The number of hydrogen-bond donors (Lipinski definition) is 2. The molecule has 4 aromatic rings. The normalized spacial score (nSPS) is 11.0. The number of aromatic nitrogens is 2. The Hall–Kier alpha value is -4.41. The molecule has 0 fully saturated rings. The SMILES string of the molecule is CC(=O)Nc1ccc(C=CC(=O)NCC(=O)N(C)c2ccc(Cl)c(COc3cccc4nc(C)oc34)c2Cl)cn1. The first-order chi connectivity index (χ1) is 19.1. The Morgan fingerprint density at radius 3 is 2.65 bits per heavy atom. The van der Waals surface area contributed by atoms with Gasteiger partial charge < -0.3 is 24.7 Å². The van der Waals surface area contributed by atoms with Crippen molar-refractivity contribution in [2.45, 2.75) is 20.5 Å². The summed E-state index contributed by atoms with van der Waals surface area (Å²) in [5, 5.41) is 5.72. The Labute approximate surface area is 239 Å². The van der Waals surface area contributed by atoms with E-state index in [0.29, 0.717) is 50.4 Å². The van der Waals surface area contributed by atoms with Gasteiger partial charge in [-0.1, -0.05) is 29.3 Å². The van der Waals surface area contributed by atoms with Crippen molar-refractivity contribution in [2.24, 2.45) is 0 Å². The topological polar surface area (TPSA) is 127 Å². The summed E-state index contributed by atoms with van der Waals surface area (Å²) >= 11 is 13.0. The van der Waals surface area contributed by atoms with Gasteiger partial charge in [0.05, 0.1) is 17.3 Å². The number of pyridine rings is 1. The standard InChI is InChI=1S/C28H25Cl2N5O5/c1-16(36)33-24-11-7-18(13-31-24)8-12-25(37)32-14-26(38)35(3)22-10-9-20(29)19(27(22)30)15-39-23-6-4-5-21-28(23)40-17(2)34-21/h4-13H,14-15H2,1-3H3,(H,32,37)(H,31,33,36). The molecule has 4 rings (SSSR count). The van der Waals surface area contributed by atoms with E-state index in [1.807, 2.05) is 6.07 Å². The summed E-state index contributed by atoms with van der Waals surface area (Å²) in [6, 6.07) is 11.9. The van der Waals surface area contributed by atoms with Crippen LogP contribution in [0.5, 0.6) is 5.75 Å². The van der Waals surface area contributed by atoms with Crippen molar-refractivity contribution in [1.29, 1.82) is 0 Å². The highest BCUT2D eigenvalue weighted by Gasteiger charge is 2.19. The smallest absolute Gasteiger partial charge is 0.246 e. The van der Waals surface area contributed by atoms with E-state index >= 15 is 0 Å². The fourth-order valence-electron chi connectivity index (χ4n) is 3.68. The maximum Gasteiger partial charge on any atom is 0.246 e. The second kappa shape index (κ2) is 12.6. The second-order valence-electron chi connectivity index (χ2n) is 8.65. The zero-order chi connectivity index (χ0) is 28.8.